The van der Waals surface area contributed by atoms with Crippen LogP contribution in [0.3, 0.4) is 0 Å². The van der Waals surface area contributed by atoms with Gasteiger partial charge in [0.05, 0.1) is 12.0 Å². The topological polar surface area (TPSA) is 85.6 Å². The zero-order valence-electron chi connectivity index (χ0n) is 18.0. The molecule has 0 saturated heterocycles. The molecule has 0 fully saturated rings. The summed E-state index contributed by atoms with van der Waals surface area (Å²) >= 11 is 0. The molecular weight excluding hydrogens is 431 g/mol. The summed E-state index contributed by atoms with van der Waals surface area (Å²) in [6.45, 7) is 2.19. The monoisotopic (exact) mass is 454 g/mol. The molecule has 1 N–H and O–H groups in total. The van der Waals surface area contributed by atoms with Crippen molar-refractivity contribution in [2.24, 2.45) is 0 Å². The maximum Gasteiger partial charge on any atom is 0.175 e. The minimum Gasteiger partial charge on any atom is -0.496 e. The fourth-order valence-corrected chi connectivity index (χ4v) is 4.37. The smallest absolute Gasteiger partial charge is 0.175 e. The maximum absolute atomic E-state index is 14.3. The zero-order valence-corrected chi connectivity index (χ0v) is 18.8. The maximum atomic E-state index is 14.3. The minimum atomic E-state index is -3.30. The van der Waals surface area contributed by atoms with Gasteiger partial charge in [-0.05, 0) is 53.9 Å². The number of nitrogens with zero attached hydrogens (tertiary/aromatic N) is 3. The summed E-state index contributed by atoms with van der Waals surface area (Å²) in [5, 5.41) is 11.5. The Hall–Kier alpha value is -3.46. The summed E-state index contributed by atoms with van der Waals surface area (Å²) in [6.07, 6.45) is 3.44. The van der Waals surface area contributed by atoms with Gasteiger partial charge in [-0.15, -0.1) is 10.2 Å². The molecule has 2 heterocycles. The second-order valence-corrected chi connectivity index (χ2v) is 9.39. The summed E-state index contributed by atoms with van der Waals surface area (Å²) in [6, 6.07) is 13.6. The predicted molar refractivity (Wildman–Crippen MR) is 121 cm³/mol. The summed E-state index contributed by atoms with van der Waals surface area (Å²) in [7, 11) is -1.79. The van der Waals surface area contributed by atoms with Crippen LogP contribution in [0.4, 0.5) is 10.2 Å². The number of aryl methyl sites for hydroxylation is 1. The van der Waals surface area contributed by atoms with Crippen LogP contribution in [0.1, 0.15) is 18.1 Å². The van der Waals surface area contributed by atoms with Gasteiger partial charge in [-0.1, -0.05) is 19.1 Å². The number of aromatic nitrogens is 3. The number of hydrogen-bond donors (Lipinski definition) is 1. The number of rotatable bonds is 7. The van der Waals surface area contributed by atoms with Crippen LogP contribution in [-0.4, -0.2) is 36.4 Å². The van der Waals surface area contributed by atoms with E-state index in [1.54, 1.807) is 41.1 Å². The fourth-order valence-electron chi connectivity index (χ4n) is 3.70. The Kier molecular flexibility index (Phi) is 5.84. The molecule has 0 aliphatic carbocycles. The van der Waals surface area contributed by atoms with Crippen molar-refractivity contribution in [3.8, 4) is 16.9 Å². The Bertz CT molecular complexity index is 1400. The first-order valence-electron chi connectivity index (χ1n) is 10.0. The van der Waals surface area contributed by atoms with Gasteiger partial charge in [-0.3, -0.25) is 4.40 Å². The summed E-state index contributed by atoms with van der Waals surface area (Å²) in [5.74, 6) is 0.796. The third-order valence-electron chi connectivity index (χ3n) is 5.37. The highest BCUT2D eigenvalue weighted by Crippen LogP contribution is 2.31. The third kappa shape index (κ3) is 4.03. The molecule has 4 rings (SSSR count). The van der Waals surface area contributed by atoms with E-state index in [0.717, 1.165) is 16.7 Å². The van der Waals surface area contributed by atoms with E-state index in [4.69, 9.17) is 4.74 Å². The summed E-state index contributed by atoms with van der Waals surface area (Å²) in [5.41, 5.74) is 3.64. The Balaban J connectivity index is 1.73. The molecule has 9 heteroatoms. The van der Waals surface area contributed by atoms with E-state index in [1.807, 2.05) is 19.1 Å². The Morgan fingerprint density at radius 3 is 2.62 bits per heavy atom. The molecule has 2 aromatic carbocycles. The quantitative estimate of drug-likeness (QED) is 0.452. The number of fused-ring (bicyclic) bond motifs is 1. The predicted octanol–water partition coefficient (Wildman–Crippen LogP) is 4.12. The van der Waals surface area contributed by atoms with Gasteiger partial charge in [-0.25, -0.2) is 12.8 Å². The number of ether oxygens (including phenoxy) is 1. The van der Waals surface area contributed by atoms with Crippen LogP contribution in [0.2, 0.25) is 0 Å². The van der Waals surface area contributed by atoms with Crippen molar-refractivity contribution in [2.75, 3.05) is 18.7 Å². The van der Waals surface area contributed by atoms with Crippen LogP contribution in [0.25, 0.3) is 16.8 Å². The fraction of sp³-hybridized carbons (Fsp3) is 0.217. The van der Waals surface area contributed by atoms with Crippen LogP contribution >= 0.6 is 0 Å². The molecule has 0 aliphatic heterocycles. The van der Waals surface area contributed by atoms with Crippen molar-refractivity contribution < 1.29 is 17.5 Å². The largest absolute Gasteiger partial charge is 0.496 e. The average Bonchev–Trinajstić information content (AvgIpc) is 3.27. The summed E-state index contributed by atoms with van der Waals surface area (Å²) < 4.78 is 45.2. The number of benzene rings is 2. The number of sulfone groups is 1. The number of pyridine rings is 1. The third-order valence-corrected chi connectivity index (χ3v) is 6.48. The van der Waals surface area contributed by atoms with Gasteiger partial charge in [-0.2, -0.15) is 0 Å². The van der Waals surface area contributed by atoms with Crippen LogP contribution in [-0.2, 0) is 22.8 Å². The first-order valence-corrected chi connectivity index (χ1v) is 11.9. The van der Waals surface area contributed by atoms with E-state index < -0.39 is 9.84 Å². The van der Waals surface area contributed by atoms with E-state index in [2.05, 4.69) is 15.5 Å². The minimum absolute atomic E-state index is 0.214. The lowest BCUT2D eigenvalue weighted by molar-refractivity contribution is 0.405. The molecule has 0 spiro atoms. The van der Waals surface area contributed by atoms with Crippen molar-refractivity contribution in [3.63, 3.8) is 0 Å². The van der Waals surface area contributed by atoms with Crippen LogP contribution < -0.4 is 10.1 Å². The second kappa shape index (κ2) is 8.58. The lowest BCUT2D eigenvalue weighted by atomic mass is 9.99. The lowest BCUT2D eigenvalue weighted by Gasteiger charge is -2.15. The Morgan fingerprint density at radius 1 is 1.12 bits per heavy atom. The van der Waals surface area contributed by atoms with E-state index in [1.165, 1.54) is 19.4 Å². The van der Waals surface area contributed by atoms with Gasteiger partial charge in [0.2, 0.25) is 0 Å². The van der Waals surface area contributed by atoms with Gasteiger partial charge < -0.3 is 10.1 Å². The van der Waals surface area contributed by atoms with Gasteiger partial charge in [0, 0.05) is 23.9 Å². The molecule has 0 amide bonds. The molecule has 7 nitrogen and oxygen atoms in total. The van der Waals surface area contributed by atoms with E-state index in [0.29, 0.717) is 29.2 Å². The average molecular weight is 455 g/mol. The van der Waals surface area contributed by atoms with Crippen LogP contribution in [0.5, 0.6) is 5.75 Å². The van der Waals surface area contributed by atoms with Crippen molar-refractivity contribution in [1.29, 1.82) is 0 Å². The van der Waals surface area contributed by atoms with E-state index in [9.17, 15) is 12.8 Å². The van der Waals surface area contributed by atoms with Crippen molar-refractivity contribution in [3.05, 3.63) is 71.8 Å². The number of nitrogens with one attached hydrogen (secondary N) is 1. The molecule has 0 radical (unpaired) electrons. The molecule has 0 aliphatic rings. The van der Waals surface area contributed by atoms with Crippen molar-refractivity contribution in [1.82, 2.24) is 14.6 Å². The second-order valence-electron chi connectivity index (χ2n) is 7.38. The van der Waals surface area contributed by atoms with Gasteiger partial charge >= 0.3 is 0 Å². The van der Waals surface area contributed by atoms with Crippen molar-refractivity contribution in [2.45, 2.75) is 24.8 Å². The highest BCUT2D eigenvalue weighted by Gasteiger charge is 2.16. The Morgan fingerprint density at radius 2 is 1.91 bits per heavy atom. The Labute approximate surface area is 185 Å². The molecule has 2 aromatic heterocycles. The van der Waals surface area contributed by atoms with Gasteiger partial charge in [0.25, 0.3) is 0 Å². The molecule has 0 bridgehead atoms. The SMILES string of the molecule is CCc1cc(S(C)(=O)=O)ccc1-c1ccc(NCc2c(F)cccc2OC)n2cnnc12. The number of anilines is 1. The van der Waals surface area contributed by atoms with Crippen molar-refractivity contribution >= 4 is 21.3 Å². The molecule has 0 unspecified atom stereocenters. The van der Waals surface area contributed by atoms with E-state index >= 15 is 0 Å². The van der Waals surface area contributed by atoms with Gasteiger partial charge in [0.1, 0.15) is 23.7 Å². The zero-order chi connectivity index (χ0) is 22.9. The number of hydrogen-bond acceptors (Lipinski definition) is 6. The molecule has 0 atom stereocenters. The summed E-state index contributed by atoms with van der Waals surface area (Å²) in [4.78, 5) is 0.285. The first kappa shape index (κ1) is 21.8. The van der Waals surface area contributed by atoms with Crippen LogP contribution in [0.15, 0.2) is 59.8 Å². The van der Waals surface area contributed by atoms with Gasteiger partial charge in [0.15, 0.2) is 15.5 Å². The first-order chi connectivity index (χ1) is 15.3. The molecular formula is C23H23FN4O3S. The highest BCUT2D eigenvalue weighted by molar-refractivity contribution is 7.90. The molecule has 166 valence electrons. The normalized spacial score (nSPS) is 11.6. The van der Waals surface area contributed by atoms with E-state index in [-0.39, 0.29) is 17.3 Å². The lowest BCUT2D eigenvalue weighted by Crippen LogP contribution is -2.07. The number of methoxy groups -OCH3 is 1. The molecule has 32 heavy (non-hydrogen) atoms. The van der Waals surface area contributed by atoms with Crippen LogP contribution in [0, 0.1) is 5.82 Å². The number of halogens is 1. The molecule has 0 saturated carbocycles. The standard InChI is InChI=1S/C23H23FN4O3S/c1-4-15-12-16(32(3,29)30)8-9-17(15)18-10-11-22(28-14-26-27-23(18)28)25-13-19-20(24)6-5-7-21(19)31-2/h5-12,14,25H,4,13H2,1-3H3. The highest BCUT2D eigenvalue weighted by atomic mass is 32.2. The molecule has 4 aromatic rings.